The Hall–Kier alpha value is -1.22. The summed E-state index contributed by atoms with van der Waals surface area (Å²) in [5, 5.41) is 3.39. The van der Waals surface area contributed by atoms with E-state index in [0.29, 0.717) is 6.04 Å². The summed E-state index contributed by atoms with van der Waals surface area (Å²) < 4.78 is 5.15. The molecule has 0 saturated carbocycles. The minimum atomic E-state index is 0.562. The molecule has 1 aromatic carbocycles. The van der Waals surface area contributed by atoms with Gasteiger partial charge in [-0.2, -0.15) is 0 Å². The molecule has 82 valence electrons. The molecular formula is C12H18N2O. The zero-order valence-electron chi connectivity index (χ0n) is 9.36. The molecule has 2 rings (SSSR count). The van der Waals surface area contributed by atoms with Crippen LogP contribution in [0.3, 0.4) is 0 Å². The third-order valence-electron chi connectivity index (χ3n) is 2.91. The third-order valence-corrected chi connectivity index (χ3v) is 2.91. The number of hydrogen-bond acceptors (Lipinski definition) is 3. The molecule has 1 aliphatic rings. The second-order valence-corrected chi connectivity index (χ2v) is 3.94. The molecule has 3 heteroatoms. The number of nitrogens with one attached hydrogen (secondary N) is 1. The van der Waals surface area contributed by atoms with Gasteiger partial charge in [0.25, 0.3) is 0 Å². The lowest BCUT2D eigenvalue weighted by atomic mass is 10.2. The molecule has 0 radical (unpaired) electrons. The second kappa shape index (κ2) is 4.53. The second-order valence-electron chi connectivity index (χ2n) is 3.94. The van der Waals surface area contributed by atoms with Crippen LogP contribution in [-0.2, 0) is 0 Å². The fourth-order valence-corrected chi connectivity index (χ4v) is 2.00. The number of hydrogen-bond donors (Lipinski definition) is 1. The van der Waals surface area contributed by atoms with E-state index in [-0.39, 0.29) is 0 Å². The molecule has 1 saturated heterocycles. The summed E-state index contributed by atoms with van der Waals surface area (Å²) in [6.07, 6.45) is 0. The van der Waals surface area contributed by atoms with Crippen molar-refractivity contribution in [1.82, 2.24) is 5.32 Å². The van der Waals surface area contributed by atoms with Crippen molar-refractivity contribution in [3.8, 4) is 5.75 Å². The van der Waals surface area contributed by atoms with Gasteiger partial charge in [0.2, 0.25) is 0 Å². The van der Waals surface area contributed by atoms with Crippen LogP contribution in [0.1, 0.15) is 6.92 Å². The van der Waals surface area contributed by atoms with Crippen molar-refractivity contribution in [2.75, 3.05) is 31.6 Å². The average Bonchev–Trinajstić information content (AvgIpc) is 2.30. The number of benzene rings is 1. The summed E-state index contributed by atoms with van der Waals surface area (Å²) in [5.74, 6) is 0.918. The molecule has 15 heavy (non-hydrogen) atoms. The van der Waals surface area contributed by atoms with Crippen LogP contribution in [0.5, 0.6) is 5.75 Å². The molecule has 0 spiro atoms. The molecular weight excluding hydrogens is 188 g/mol. The zero-order valence-corrected chi connectivity index (χ0v) is 9.36. The van der Waals surface area contributed by atoms with Crippen LogP contribution >= 0.6 is 0 Å². The lowest BCUT2D eigenvalue weighted by Gasteiger charge is -2.35. The van der Waals surface area contributed by atoms with E-state index in [1.165, 1.54) is 5.69 Å². The smallest absolute Gasteiger partial charge is 0.119 e. The summed E-state index contributed by atoms with van der Waals surface area (Å²) >= 11 is 0. The highest BCUT2D eigenvalue weighted by molar-refractivity contribution is 5.50. The van der Waals surface area contributed by atoms with E-state index in [4.69, 9.17) is 4.74 Å². The van der Waals surface area contributed by atoms with E-state index < -0.39 is 0 Å². The van der Waals surface area contributed by atoms with E-state index in [2.05, 4.69) is 29.3 Å². The predicted octanol–water partition coefficient (Wildman–Crippen LogP) is 1.49. The molecule has 1 aromatic rings. The van der Waals surface area contributed by atoms with E-state index in [1.807, 2.05) is 12.1 Å². The molecule has 0 bridgehead atoms. The summed E-state index contributed by atoms with van der Waals surface area (Å²) in [4.78, 5) is 2.43. The highest BCUT2D eigenvalue weighted by Gasteiger charge is 2.17. The van der Waals surface area contributed by atoms with Crippen molar-refractivity contribution in [2.45, 2.75) is 13.0 Å². The SMILES string of the molecule is COc1ccc(N2CCNCC2C)cc1. The molecule has 1 heterocycles. The normalized spacial score (nSPS) is 21.5. The van der Waals surface area contributed by atoms with Crippen LogP contribution in [0.15, 0.2) is 24.3 Å². The van der Waals surface area contributed by atoms with Crippen LogP contribution < -0.4 is 15.0 Å². The van der Waals surface area contributed by atoms with Crippen LogP contribution in [0.4, 0.5) is 5.69 Å². The molecule has 0 amide bonds. The first-order valence-electron chi connectivity index (χ1n) is 5.42. The standard InChI is InChI=1S/C12H18N2O/c1-10-9-13-7-8-14(10)11-3-5-12(15-2)6-4-11/h3-6,10,13H,7-9H2,1-2H3. The number of ether oxygens (including phenoxy) is 1. The molecule has 0 aromatic heterocycles. The first kappa shape index (κ1) is 10.3. The lowest BCUT2D eigenvalue weighted by Crippen LogP contribution is -2.49. The van der Waals surface area contributed by atoms with Crippen molar-refractivity contribution in [3.05, 3.63) is 24.3 Å². The Bertz CT molecular complexity index is 310. The number of nitrogens with zero attached hydrogens (tertiary/aromatic N) is 1. The van der Waals surface area contributed by atoms with Gasteiger partial charge in [-0.15, -0.1) is 0 Å². The average molecular weight is 206 g/mol. The Morgan fingerprint density at radius 1 is 1.33 bits per heavy atom. The molecule has 3 nitrogen and oxygen atoms in total. The Labute approximate surface area is 91.0 Å². The fraction of sp³-hybridized carbons (Fsp3) is 0.500. The minimum Gasteiger partial charge on any atom is -0.497 e. The minimum absolute atomic E-state index is 0.562. The summed E-state index contributed by atoms with van der Waals surface area (Å²) in [6.45, 7) is 5.45. The van der Waals surface area contributed by atoms with Crippen LogP contribution in [-0.4, -0.2) is 32.8 Å². The molecule has 1 unspecified atom stereocenters. The van der Waals surface area contributed by atoms with Crippen LogP contribution in [0, 0.1) is 0 Å². The molecule has 1 aliphatic heterocycles. The highest BCUT2D eigenvalue weighted by Crippen LogP contribution is 2.21. The number of rotatable bonds is 2. The number of methoxy groups -OCH3 is 1. The summed E-state index contributed by atoms with van der Waals surface area (Å²) in [5.41, 5.74) is 1.28. The van der Waals surface area contributed by atoms with Gasteiger partial charge in [0.05, 0.1) is 7.11 Å². The quantitative estimate of drug-likeness (QED) is 0.793. The lowest BCUT2D eigenvalue weighted by molar-refractivity contribution is 0.414. The number of piperazine rings is 1. The molecule has 1 atom stereocenters. The van der Waals surface area contributed by atoms with E-state index >= 15 is 0 Å². The van der Waals surface area contributed by atoms with Gasteiger partial charge in [-0.3, -0.25) is 0 Å². The largest absolute Gasteiger partial charge is 0.497 e. The van der Waals surface area contributed by atoms with Crippen molar-refractivity contribution in [1.29, 1.82) is 0 Å². The van der Waals surface area contributed by atoms with Gasteiger partial charge in [0.1, 0.15) is 5.75 Å². The maximum absolute atomic E-state index is 5.15. The molecule has 1 fully saturated rings. The summed E-state index contributed by atoms with van der Waals surface area (Å²) in [7, 11) is 1.70. The van der Waals surface area contributed by atoms with Gasteiger partial charge < -0.3 is 15.0 Å². The van der Waals surface area contributed by atoms with E-state index in [0.717, 1.165) is 25.4 Å². The van der Waals surface area contributed by atoms with Gasteiger partial charge in [-0.25, -0.2) is 0 Å². The monoisotopic (exact) mass is 206 g/mol. The molecule has 1 N–H and O–H groups in total. The topological polar surface area (TPSA) is 24.5 Å². The van der Waals surface area contributed by atoms with Crippen molar-refractivity contribution >= 4 is 5.69 Å². The Morgan fingerprint density at radius 3 is 2.67 bits per heavy atom. The first-order chi connectivity index (χ1) is 7.31. The Balaban J connectivity index is 2.13. The van der Waals surface area contributed by atoms with Crippen LogP contribution in [0.25, 0.3) is 0 Å². The zero-order chi connectivity index (χ0) is 10.7. The van der Waals surface area contributed by atoms with E-state index in [9.17, 15) is 0 Å². The van der Waals surface area contributed by atoms with Crippen molar-refractivity contribution in [3.63, 3.8) is 0 Å². The van der Waals surface area contributed by atoms with Gasteiger partial charge >= 0.3 is 0 Å². The van der Waals surface area contributed by atoms with Gasteiger partial charge in [-0.05, 0) is 31.2 Å². The van der Waals surface area contributed by atoms with E-state index in [1.54, 1.807) is 7.11 Å². The first-order valence-corrected chi connectivity index (χ1v) is 5.42. The van der Waals surface area contributed by atoms with Gasteiger partial charge in [0, 0.05) is 31.4 Å². The maximum Gasteiger partial charge on any atom is 0.119 e. The summed E-state index contributed by atoms with van der Waals surface area (Å²) in [6, 6.07) is 8.85. The molecule has 0 aliphatic carbocycles. The Kier molecular flexibility index (Phi) is 3.11. The third kappa shape index (κ3) is 2.23. The van der Waals surface area contributed by atoms with Gasteiger partial charge in [0.15, 0.2) is 0 Å². The van der Waals surface area contributed by atoms with Crippen LogP contribution in [0.2, 0.25) is 0 Å². The van der Waals surface area contributed by atoms with Gasteiger partial charge in [-0.1, -0.05) is 0 Å². The fourth-order valence-electron chi connectivity index (χ4n) is 2.00. The maximum atomic E-state index is 5.15. The van der Waals surface area contributed by atoms with Crippen molar-refractivity contribution in [2.24, 2.45) is 0 Å². The predicted molar refractivity (Wildman–Crippen MR) is 62.7 cm³/mol. The van der Waals surface area contributed by atoms with Crippen molar-refractivity contribution < 1.29 is 4.74 Å². The Morgan fingerprint density at radius 2 is 2.07 bits per heavy atom. The number of anilines is 1. The highest BCUT2D eigenvalue weighted by atomic mass is 16.5.